The molecule has 1 aromatic rings. The van der Waals surface area contributed by atoms with E-state index >= 15 is 0 Å². The van der Waals surface area contributed by atoms with E-state index in [1.165, 1.54) is 6.07 Å². The van der Waals surface area contributed by atoms with Crippen molar-refractivity contribution in [1.82, 2.24) is 0 Å². The molecule has 0 aliphatic heterocycles. The standard InChI is InChI=1S/C14H16N2O2/c1-11-12(5-4-6-13(11)16(17)18)9-14(10-15)7-2-3-8-14/h4-6H,2-3,7-9H2,1H3. The van der Waals surface area contributed by atoms with Gasteiger partial charge >= 0.3 is 0 Å². The topological polar surface area (TPSA) is 66.9 Å². The minimum atomic E-state index is -0.355. The third-order valence-electron chi connectivity index (χ3n) is 3.94. The molecule has 0 aromatic heterocycles. The van der Waals surface area contributed by atoms with E-state index in [-0.39, 0.29) is 16.0 Å². The van der Waals surface area contributed by atoms with Gasteiger partial charge in [-0.2, -0.15) is 5.26 Å². The highest BCUT2D eigenvalue weighted by atomic mass is 16.6. The molecular weight excluding hydrogens is 228 g/mol. The molecule has 1 aromatic carbocycles. The molecule has 0 unspecified atom stereocenters. The minimum absolute atomic E-state index is 0.151. The van der Waals surface area contributed by atoms with Crippen LogP contribution in [-0.4, -0.2) is 4.92 Å². The summed E-state index contributed by atoms with van der Waals surface area (Å²) in [6.45, 7) is 1.77. The first-order valence-corrected chi connectivity index (χ1v) is 6.22. The van der Waals surface area contributed by atoms with Crippen LogP contribution >= 0.6 is 0 Å². The number of nitriles is 1. The first-order chi connectivity index (χ1) is 8.58. The zero-order valence-corrected chi connectivity index (χ0v) is 10.5. The summed E-state index contributed by atoms with van der Waals surface area (Å²) in [7, 11) is 0. The van der Waals surface area contributed by atoms with Crippen molar-refractivity contribution >= 4 is 5.69 Å². The van der Waals surface area contributed by atoms with E-state index in [1.54, 1.807) is 13.0 Å². The molecule has 1 saturated carbocycles. The second-order valence-corrected chi connectivity index (χ2v) is 5.09. The van der Waals surface area contributed by atoms with Crippen LogP contribution in [0.2, 0.25) is 0 Å². The van der Waals surface area contributed by atoms with Crippen molar-refractivity contribution in [3.8, 4) is 6.07 Å². The molecule has 18 heavy (non-hydrogen) atoms. The summed E-state index contributed by atoms with van der Waals surface area (Å²) in [6, 6.07) is 7.56. The van der Waals surface area contributed by atoms with Crippen LogP contribution in [0, 0.1) is 33.8 Å². The van der Waals surface area contributed by atoms with E-state index in [4.69, 9.17) is 0 Å². The fourth-order valence-corrected chi connectivity index (χ4v) is 2.80. The van der Waals surface area contributed by atoms with Crippen molar-refractivity contribution in [3.63, 3.8) is 0 Å². The molecule has 0 N–H and O–H groups in total. The molecule has 94 valence electrons. The smallest absolute Gasteiger partial charge is 0.258 e. The summed E-state index contributed by atoms with van der Waals surface area (Å²) in [5, 5.41) is 20.3. The molecule has 0 spiro atoms. The van der Waals surface area contributed by atoms with Gasteiger partial charge in [0, 0.05) is 11.6 Å². The molecule has 0 bridgehead atoms. The predicted octanol–water partition coefficient (Wildman–Crippen LogP) is 3.53. The normalized spacial score (nSPS) is 17.3. The van der Waals surface area contributed by atoms with Crippen molar-refractivity contribution in [2.45, 2.75) is 39.0 Å². The number of hydrogen-bond acceptors (Lipinski definition) is 3. The zero-order chi connectivity index (χ0) is 13.2. The van der Waals surface area contributed by atoms with Crippen LogP contribution in [0.5, 0.6) is 0 Å². The number of nitro benzene ring substituents is 1. The molecule has 0 atom stereocenters. The second kappa shape index (κ2) is 4.77. The first kappa shape index (κ1) is 12.6. The van der Waals surface area contributed by atoms with E-state index in [1.807, 2.05) is 6.07 Å². The van der Waals surface area contributed by atoms with E-state index in [9.17, 15) is 15.4 Å². The van der Waals surface area contributed by atoms with Crippen LogP contribution in [0.25, 0.3) is 0 Å². The largest absolute Gasteiger partial charge is 0.272 e. The SMILES string of the molecule is Cc1c(CC2(C#N)CCCC2)cccc1[N+](=O)[O-]. The van der Waals surface area contributed by atoms with Crippen LogP contribution in [-0.2, 0) is 6.42 Å². The first-order valence-electron chi connectivity index (χ1n) is 6.22. The molecule has 0 radical (unpaired) electrons. The Hall–Kier alpha value is -1.89. The molecule has 1 fully saturated rings. The van der Waals surface area contributed by atoms with Crippen LogP contribution in [0.4, 0.5) is 5.69 Å². The highest BCUT2D eigenvalue weighted by Crippen LogP contribution is 2.41. The monoisotopic (exact) mass is 244 g/mol. The number of benzene rings is 1. The van der Waals surface area contributed by atoms with E-state index in [0.29, 0.717) is 12.0 Å². The van der Waals surface area contributed by atoms with Gasteiger partial charge in [0.25, 0.3) is 5.69 Å². The highest BCUT2D eigenvalue weighted by molar-refractivity contribution is 5.45. The van der Waals surface area contributed by atoms with Gasteiger partial charge in [-0.1, -0.05) is 25.0 Å². The lowest BCUT2D eigenvalue weighted by Crippen LogP contribution is -2.17. The summed E-state index contributed by atoms with van der Waals surface area (Å²) < 4.78 is 0. The van der Waals surface area contributed by atoms with Crippen molar-refractivity contribution < 1.29 is 4.92 Å². The summed E-state index contributed by atoms with van der Waals surface area (Å²) in [4.78, 5) is 10.5. The van der Waals surface area contributed by atoms with Crippen LogP contribution < -0.4 is 0 Å². The van der Waals surface area contributed by atoms with Gasteiger partial charge in [-0.05, 0) is 31.7 Å². The summed E-state index contributed by atoms with van der Waals surface area (Å²) in [5.74, 6) is 0. The average Bonchev–Trinajstić information content (AvgIpc) is 2.81. The molecule has 1 aliphatic rings. The number of nitrogens with zero attached hydrogens (tertiary/aromatic N) is 2. The number of rotatable bonds is 3. The lowest BCUT2D eigenvalue weighted by Gasteiger charge is -2.21. The highest BCUT2D eigenvalue weighted by Gasteiger charge is 2.34. The summed E-state index contributed by atoms with van der Waals surface area (Å²) in [5.41, 5.74) is 1.48. The van der Waals surface area contributed by atoms with Crippen molar-refractivity contribution in [3.05, 3.63) is 39.4 Å². The van der Waals surface area contributed by atoms with Gasteiger partial charge in [-0.15, -0.1) is 0 Å². The van der Waals surface area contributed by atoms with Gasteiger partial charge < -0.3 is 0 Å². The fraction of sp³-hybridized carbons (Fsp3) is 0.500. The Morgan fingerprint density at radius 3 is 2.67 bits per heavy atom. The third kappa shape index (κ3) is 2.21. The van der Waals surface area contributed by atoms with Crippen molar-refractivity contribution in [2.75, 3.05) is 0 Å². The number of hydrogen-bond donors (Lipinski definition) is 0. The van der Waals surface area contributed by atoms with Gasteiger partial charge in [0.1, 0.15) is 0 Å². The maximum Gasteiger partial charge on any atom is 0.272 e. The number of nitro groups is 1. The van der Waals surface area contributed by atoms with Gasteiger partial charge in [-0.25, -0.2) is 0 Å². The van der Waals surface area contributed by atoms with Crippen LogP contribution in [0.1, 0.15) is 36.8 Å². The van der Waals surface area contributed by atoms with Crippen molar-refractivity contribution in [2.24, 2.45) is 5.41 Å². The molecule has 1 aliphatic carbocycles. The lowest BCUT2D eigenvalue weighted by atomic mass is 9.80. The quantitative estimate of drug-likeness (QED) is 0.603. The Labute approximate surface area is 106 Å². The Kier molecular flexibility index (Phi) is 3.33. The second-order valence-electron chi connectivity index (χ2n) is 5.09. The summed E-state index contributed by atoms with van der Waals surface area (Å²) >= 11 is 0. The Balaban J connectivity index is 2.32. The molecular formula is C14H16N2O2. The Morgan fingerprint density at radius 2 is 2.11 bits per heavy atom. The van der Waals surface area contributed by atoms with Crippen LogP contribution in [0.15, 0.2) is 18.2 Å². The van der Waals surface area contributed by atoms with Crippen LogP contribution in [0.3, 0.4) is 0 Å². The van der Waals surface area contributed by atoms with Gasteiger partial charge in [0.05, 0.1) is 16.4 Å². The van der Waals surface area contributed by atoms with E-state index < -0.39 is 0 Å². The predicted molar refractivity (Wildman–Crippen MR) is 68.1 cm³/mol. The zero-order valence-electron chi connectivity index (χ0n) is 10.5. The molecule has 0 saturated heterocycles. The summed E-state index contributed by atoms with van der Waals surface area (Å²) in [6.07, 6.45) is 4.62. The van der Waals surface area contributed by atoms with Gasteiger partial charge in [-0.3, -0.25) is 10.1 Å². The Bertz CT molecular complexity index is 511. The molecule has 0 heterocycles. The van der Waals surface area contributed by atoms with Gasteiger partial charge in [0.2, 0.25) is 0 Å². The van der Waals surface area contributed by atoms with Gasteiger partial charge in [0.15, 0.2) is 0 Å². The maximum absolute atomic E-state index is 10.9. The Morgan fingerprint density at radius 1 is 1.44 bits per heavy atom. The molecule has 2 rings (SSSR count). The van der Waals surface area contributed by atoms with Crippen molar-refractivity contribution in [1.29, 1.82) is 5.26 Å². The average molecular weight is 244 g/mol. The molecule has 4 heteroatoms. The molecule has 4 nitrogen and oxygen atoms in total. The molecule has 0 amide bonds. The van der Waals surface area contributed by atoms with E-state index in [0.717, 1.165) is 31.2 Å². The van der Waals surface area contributed by atoms with E-state index in [2.05, 4.69) is 6.07 Å². The third-order valence-corrected chi connectivity index (χ3v) is 3.94. The minimum Gasteiger partial charge on any atom is -0.258 e. The maximum atomic E-state index is 10.9. The lowest BCUT2D eigenvalue weighted by molar-refractivity contribution is -0.385. The fourth-order valence-electron chi connectivity index (χ4n) is 2.80.